The molecule has 1 aromatic heterocycles. The van der Waals surface area contributed by atoms with Gasteiger partial charge >= 0.3 is 0 Å². The molecule has 0 aliphatic heterocycles. The van der Waals surface area contributed by atoms with Gasteiger partial charge in [0.2, 0.25) is 5.95 Å². The zero-order valence-corrected chi connectivity index (χ0v) is 10.00. The third-order valence-corrected chi connectivity index (χ3v) is 4.23. The Kier molecular flexibility index (Phi) is 4.23. The normalized spacial score (nSPS) is 11.8. The Morgan fingerprint density at radius 1 is 1.44 bits per heavy atom. The van der Waals surface area contributed by atoms with E-state index < -0.39 is 21.0 Å². The Hall–Kier alpha value is -1.17. The molecule has 4 nitrogen and oxygen atoms in total. The zero-order chi connectivity index (χ0) is 12.2. The molecule has 1 aromatic rings. The van der Waals surface area contributed by atoms with Crippen LogP contribution in [0.25, 0.3) is 0 Å². The Labute approximate surface area is 94.4 Å². The number of halogens is 1. The number of nitrogens with zero attached hydrogens (tertiary/aromatic N) is 1. The quantitative estimate of drug-likeness (QED) is 0.738. The molecule has 0 aliphatic rings. The van der Waals surface area contributed by atoms with Crippen molar-refractivity contribution in [3.8, 4) is 5.75 Å². The van der Waals surface area contributed by atoms with Gasteiger partial charge in [0, 0.05) is 0 Å². The highest BCUT2D eigenvalue weighted by Crippen LogP contribution is 2.09. The lowest BCUT2D eigenvalue weighted by atomic mass is 10.4. The standard InChI is InChI=1S/C10H14FNO3S/c1-8(2)16(13,14)6-5-15-9-3-4-10(11)12-7-9/h3-4,7-8H,5-6H2,1-2H3. The van der Waals surface area contributed by atoms with E-state index in [-0.39, 0.29) is 12.4 Å². The van der Waals surface area contributed by atoms with Crippen LogP contribution in [0.15, 0.2) is 18.3 Å². The maximum Gasteiger partial charge on any atom is 0.213 e. The minimum Gasteiger partial charge on any atom is -0.491 e. The van der Waals surface area contributed by atoms with E-state index in [0.717, 1.165) is 6.07 Å². The maximum atomic E-state index is 12.4. The molecule has 0 atom stereocenters. The molecule has 0 amide bonds. The summed E-state index contributed by atoms with van der Waals surface area (Å²) in [5, 5.41) is -0.414. The Morgan fingerprint density at radius 3 is 2.62 bits per heavy atom. The molecular weight excluding hydrogens is 233 g/mol. The molecule has 0 fully saturated rings. The van der Waals surface area contributed by atoms with Crippen molar-refractivity contribution in [1.29, 1.82) is 0 Å². The van der Waals surface area contributed by atoms with E-state index in [1.807, 2.05) is 0 Å². The van der Waals surface area contributed by atoms with Gasteiger partial charge in [0.15, 0.2) is 9.84 Å². The first-order valence-electron chi connectivity index (χ1n) is 4.88. The zero-order valence-electron chi connectivity index (χ0n) is 9.18. The van der Waals surface area contributed by atoms with Crippen molar-refractivity contribution in [3.63, 3.8) is 0 Å². The van der Waals surface area contributed by atoms with Crippen molar-refractivity contribution in [1.82, 2.24) is 4.98 Å². The van der Waals surface area contributed by atoms with E-state index >= 15 is 0 Å². The van der Waals surface area contributed by atoms with E-state index in [1.165, 1.54) is 12.3 Å². The first-order chi connectivity index (χ1) is 7.42. The molecule has 90 valence electrons. The van der Waals surface area contributed by atoms with Crippen LogP contribution in [0.5, 0.6) is 5.75 Å². The number of sulfone groups is 1. The van der Waals surface area contributed by atoms with Crippen molar-refractivity contribution in [2.75, 3.05) is 12.4 Å². The number of hydrogen-bond donors (Lipinski definition) is 0. The molecule has 0 unspecified atom stereocenters. The summed E-state index contributed by atoms with van der Waals surface area (Å²) < 4.78 is 40.4. The van der Waals surface area contributed by atoms with Crippen molar-refractivity contribution >= 4 is 9.84 Å². The van der Waals surface area contributed by atoms with E-state index in [0.29, 0.717) is 5.75 Å². The lowest BCUT2D eigenvalue weighted by Gasteiger charge is -2.08. The minimum atomic E-state index is -3.10. The van der Waals surface area contributed by atoms with Crippen LogP contribution in [0.4, 0.5) is 4.39 Å². The van der Waals surface area contributed by atoms with E-state index in [4.69, 9.17) is 4.74 Å². The maximum absolute atomic E-state index is 12.4. The Balaban J connectivity index is 2.45. The van der Waals surface area contributed by atoms with Crippen LogP contribution in [0.3, 0.4) is 0 Å². The lowest BCUT2D eigenvalue weighted by molar-refractivity contribution is 0.337. The molecule has 0 saturated carbocycles. The fraction of sp³-hybridized carbons (Fsp3) is 0.500. The van der Waals surface area contributed by atoms with Gasteiger partial charge in [-0.2, -0.15) is 4.39 Å². The first-order valence-corrected chi connectivity index (χ1v) is 6.59. The molecule has 0 spiro atoms. The molecule has 0 radical (unpaired) electrons. The summed E-state index contributed by atoms with van der Waals surface area (Å²) in [7, 11) is -3.10. The lowest BCUT2D eigenvalue weighted by Crippen LogP contribution is -2.22. The van der Waals surface area contributed by atoms with Crippen LogP contribution < -0.4 is 4.74 Å². The van der Waals surface area contributed by atoms with E-state index in [2.05, 4.69) is 4.98 Å². The van der Waals surface area contributed by atoms with Crippen LogP contribution in [-0.2, 0) is 9.84 Å². The van der Waals surface area contributed by atoms with Crippen molar-refractivity contribution in [2.45, 2.75) is 19.1 Å². The summed E-state index contributed by atoms with van der Waals surface area (Å²) >= 11 is 0. The summed E-state index contributed by atoms with van der Waals surface area (Å²) in [4.78, 5) is 3.39. The number of pyridine rings is 1. The van der Waals surface area contributed by atoms with Crippen LogP contribution in [0.1, 0.15) is 13.8 Å². The molecule has 0 saturated heterocycles. The highest BCUT2D eigenvalue weighted by atomic mass is 32.2. The molecule has 1 heterocycles. The number of aromatic nitrogens is 1. The summed E-state index contributed by atoms with van der Waals surface area (Å²) in [6, 6.07) is 2.57. The van der Waals surface area contributed by atoms with Gasteiger partial charge in [0.05, 0.1) is 17.2 Å². The monoisotopic (exact) mass is 247 g/mol. The third-order valence-electron chi connectivity index (χ3n) is 2.06. The molecular formula is C10H14FNO3S. The molecule has 6 heteroatoms. The number of rotatable bonds is 5. The summed E-state index contributed by atoms with van der Waals surface area (Å²) in [6.45, 7) is 3.29. The second-order valence-electron chi connectivity index (χ2n) is 3.58. The Morgan fingerprint density at radius 2 is 2.12 bits per heavy atom. The highest BCUT2D eigenvalue weighted by molar-refractivity contribution is 7.91. The van der Waals surface area contributed by atoms with Crippen LogP contribution in [-0.4, -0.2) is 31.0 Å². The van der Waals surface area contributed by atoms with E-state index in [9.17, 15) is 12.8 Å². The highest BCUT2D eigenvalue weighted by Gasteiger charge is 2.15. The van der Waals surface area contributed by atoms with Crippen LogP contribution >= 0.6 is 0 Å². The van der Waals surface area contributed by atoms with E-state index in [1.54, 1.807) is 13.8 Å². The molecule has 16 heavy (non-hydrogen) atoms. The SMILES string of the molecule is CC(C)S(=O)(=O)CCOc1ccc(F)nc1. The van der Waals surface area contributed by atoms with Gasteiger partial charge in [-0.3, -0.25) is 0 Å². The van der Waals surface area contributed by atoms with Gasteiger partial charge in [-0.25, -0.2) is 13.4 Å². The third kappa shape index (κ3) is 3.77. The average Bonchev–Trinajstić information content (AvgIpc) is 2.20. The topological polar surface area (TPSA) is 56.3 Å². The van der Waals surface area contributed by atoms with Crippen LogP contribution in [0, 0.1) is 5.95 Å². The molecule has 0 aliphatic carbocycles. The van der Waals surface area contributed by atoms with Gasteiger partial charge in [-0.05, 0) is 26.0 Å². The number of hydrogen-bond acceptors (Lipinski definition) is 4. The minimum absolute atomic E-state index is 0.0494. The molecule has 1 rings (SSSR count). The average molecular weight is 247 g/mol. The summed E-state index contributed by atoms with van der Waals surface area (Å²) in [5.41, 5.74) is 0. The van der Waals surface area contributed by atoms with Crippen LogP contribution in [0.2, 0.25) is 0 Å². The number of ether oxygens (including phenoxy) is 1. The first kappa shape index (κ1) is 12.9. The summed E-state index contributed by atoms with van der Waals surface area (Å²) in [5.74, 6) is -0.287. The van der Waals surface area contributed by atoms with Crippen molar-refractivity contribution in [2.24, 2.45) is 0 Å². The molecule has 0 bridgehead atoms. The smallest absolute Gasteiger partial charge is 0.213 e. The molecule has 0 aromatic carbocycles. The predicted octanol–water partition coefficient (Wildman–Crippen LogP) is 1.42. The predicted molar refractivity (Wildman–Crippen MR) is 58.6 cm³/mol. The fourth-order valence-corrected chi connectivity index (χ4v) is 1.75. The van der Waals surface area contributed by atoms with Gasteiger partial charge in [-0.15, -0.1) is 0 Å². The molecule has 0 N–H and O–H groups in total. The largest absolute Gasteiger partial charge is 0.491 e. The van der Waals surface area contributed by atoms with Gasteiger partial charge in [0.1, 0.15) is 12.4 Å². The van der Waals surface area contributed by atoms with Gasteiger partial charge < -0.3 is 4.74 Å². The van der Waals surface area contributed by atoms with Gasteiger partial charge in [0.25, 0.3) is 0 Å². The van der Waals surface area contributed by atoms with Crippen molar-refractivity contribution in [3.05, 3.63) is 24.3 Å². The summed E-state index contributed by atoms with van der Waals surface area (Å²) in [6.07, 6.45) is 1.22. The van der Waals surface area contributed by atoms with Gasteiger partial charge in [-0.1, -0.05) is 0 Å². The fourth-order valence-electron chi connectivity index (χ4n) is 0.959. The second kappa shape index (κ2) is 5.25. The Bertz CT molecular complexity index is 428. The van der Waals surface area contributed by atoms with Crippen molar-refractivity contribution < 1.29 is 17.5 Å². The second-order valence-corrected chi connectivity index (χ2v) is 6.26.